The van der Waals surface area contributed by atoms with Crippen molar-refractivity contribution >= 4 is 17.8 Å². The summed E-state index contributed by atoms with van der Waals surface area (Å²) in [5, 5.41) is 9.64. The second kappa shape index (κ2) is 8.17. The lowest BCUT2D eigenvalue weighted by Gasteiger charge is -2.12. The third-order valence-corrected chi connectivity index (χ3v) is 4.02. The van der Waals surface area contributed by atoms with Gasteiger partial charge in [-0.1, -0.05) is 41.6 Å². The highest BCUT2D eigenvalue weighted by atomic mass is 19.4. The Morgan fingerprint density at radius 3 is 2.69 bits per heavy atom. The number of para-hydroxylation sites is 1. The first-order valence-electron chi connectivity index (χ1n) is 8.48. The molecule has 0 unspecified atom stereocenters. The molecule has 0 radical (unpaired) electrons. The molecule has 1 heterocycles. The Morgan fingerprint density at radius 2 is 1.97 bits per heavy atom. The minimum atomic E-state index is -4.73. The van der Waals surface area contributed by atoms with Crippen LogP contribution in [0.1, 0.15) is 21.6 Å². The molecule has 2 aromatic carbocycles. The summed E-state index contributed by atoms with van der Waals surface area (Å²) >= 11 is 0. The van der Waals surface area contributed by atoms with Gasteiger partial charge in [0.05, 0.1) is 11.8 Å². The monoisotopic (exact) mass is 402 g/mol. The third kappa shape index (κ3) is 4.63. The maximum absolute atomic E-state index is 13.2. The number of halogens is 3. The van der Waals surface area contributed by atoms with E-state index in [1.807, 2.05) is 18.2 Å². The van der Waals surface area contributed by atoms with Crippen molar-refractivity contribution in [3.63, 3.8) is 0 Å². The van der Waals surface area contributed by atoms with E-state index in [-0.39, 0.29) is 0 Å². The van der Waals surface area contributed by atoms with Crippen molar-refractivity contribution in [2.45, 2.75) is 6.18 Å². The number of oxime groups is 1. The Hall–Kier alpha value is -3.62. The molecule has 1 N–H and O–H groups in total. The number of hydrogen-bond acceptors (Lipinski definition) is 4. The van der Waals surface area contributed by atoms with Gasteiger partial charge in [-0.3, -0.25) is 9.48 Å². The van der Waals surface area contributed by atoms with E-state index in [1.54, 1.807) is 30.3 Å². The molecule has 0 saturated heterocycles. The number of amides is 1. The summed E-state index contributed by atoms with van der Waals surface area (Å²) in [6.45, 7) is 0. The van der Waals surface area contributed by atoms with Crippen LogP contribution < -0.4 is 5.32 Å². The van der Waals surface area contributed by atoms with Gasteiger partial charge in [0.25, 0.3) is 5.91 Å². The number of rotatable bonds is 5. The first-order chi connectivity index (χ1) is 13.8. The van der Waals surface area contributed by atoms with Crippen molar-refractivity contribution < 1.29 is 22.8 Å². The smallest absolute Gasteiger partial charge is 0.399 e. The van der Waals surface area contributed by atoms with Gasteiger partial charge in [0.2, 0.25) is 0 Å². The zero-order valence-electron chi connectivity index (χ0n) is 15.6. The number of carbonyl (C=O) groups excluding carboxylic acids is 1. The number of aromatic nitrogens is 2. The number of alkyl halides is 3. The Kier molecular flexibility index (Phi) is 5.67. The molecule has 0 atom stereocenters. The molecule has 3 aromatic rings. The third-order valence-electron chi connectivity index (χ3n) is 4.02. The zero-order valence-corrected chi connectivity index (χ0v) is 15.6. The van der Waals surface area contributed by atoms with E-state index in [1.165, 1.54) is 20.4 Å². The zero-order chi connectivity index (χ0) is 21.0. The minimum Gasteiger partial charge on any atom is -0.399 e. The van der Waals surface area contributed by atoms with Crippen LogP contribution in [0.5, 0.6) is 0 Å². The van der Waals surface area contributed by atoms with Crippen molar-refractivity contribution in [1.29, 1.82) is 0 Å². The molecule has 0 fully saturated rings. The minimum absolute atomic E-state index is 0.371. The first kappa shape index (κ1) is 20.1. The van der Waals surface area contributed by atoms with E-state index in [9.17, 15) is 18.0 Å². The molecule has 150 valence electrons. The summed E-state index contributed by atoms with van der Waals surface area (Å²) in [4.78, 5) is 17.3. The Morgan fingerprint density at radius 1 is 1.21 bits per heavy atom. The predicted octanol–water partition coefficient (Wildman–Crippen LogP) is 4.34. The van der Waals surface area contributed by atoms with Gasteiger partial charge >= 0.3 is 6.18 Å². The molecule has 0 saturated carbocycles. The molecule has 0 aliphatic carbocycles. The molecule has 1 aromatic heterocycles. The van der Waals surface area contributed by atoms with Crippen molar-refractivity contribution in [3.05, 3.63) is 71.5 Å². The highest BCUT2D eigenvalue weighted by Crippen LogP contribution is 2.32. The second-order valence-electron chi connectivity index (χ2n) is 6.11. The van der Waals surface area contributed by atoms with Crippen LogP contribution in [0.2, 0.25) is 0 Å². The van der Waals surface area contributed by atoms with Crippen molar-refractivity contribution in [2.24, 2.45) is 12.2 Å². The van der Waals surface area contributed by atoms with Crippen LogP contribution in [0, 0.1) is 0 Å². The average molecular weight is 402 g/mol. The number of benzene rings is 2. The summed E-state index contributed by atoms with van der Waals surface area (Å²) in [7, 11) is 2.76. The lowest BCUT2D eigenvalue weighted by Crippen LogP contribution is -2.18. The van der Waals surface area contributed by atoms with Gasteiger partial charge in [0.15, 0.2) is 5.69 Å². The summed E-state index contributed by atoms with van der Waals surface area (Å²) < 4.78 is 40.5. The molecular formula is C20H17F3N4O2. The number of aryl methyl sites for hydroxylation is 1. The number of carbonyl (C=O) groups is 1. The molecule has 6 nitrogen and oxygen atoms in total. The van der Waals surface area contributed by atoms with Gasteiger partial charge < -0.3 is 10.2 Å². The summed E-state index contributed by atoms with van der Waals surface area (Å²) in [5.74, 6) is -0.894. The molecule has 0 bridgehead atoms. The van der Waals surface area contributed by atoms with Crippen LogP contribution in [0.15, 0.2) is 59.9 Å². The summed E-state index contributed by atoms with van der Waals surface area (Å²) in [6.07, 6.45) is -2.17. The molecule has 9 heteroatoms. The molecule has 3 rings (SSSR count). The topological polar surface area (TPSA) is 68.5 Å². The largest absolute Gasteiger partial charge is 0.435 e. The van der Waals surface area contributed by atoms with Crippen LogP contribution in [0.3, 0.4) is 0 Å². The second-order valence-corrected chi connectivity index (χ2v) is 6.11. The van der Waals surface area contributed by atoms with E-state index in [4.69, 9.17) is 0 Å². The Labute approximate surface area is 164 Å². The van der Waals surface area contributed by atoms with Crippen LogP contribution >= 0.6 is 0 Å². The van der Waals surface area contributed by atoms with Crippen molar-refractivity contribution in [1.82, 2.24) is 9.78 Å². The van der Waals surface area contributed by atoms with E-state index in [0.29, 0.717) is 11.3 Å². The van der Waals surface area contributed by atoms with E-state index >= 15 is 0 Å². The van der Waals surface area contributed by atoms with Gasteiger partial charge in [0, 0.05) is 24.5 Å². The molecule has 29 heavy (non-hydrogen) atoms. The number of anilines is 1. The maximum atomic E-state index is 13.2. The number of nitrogens with one attached hydrogen (secondary N) is 1. The Balaban J connectivity index is 1.95. The maximum Gasteiger partial charge on any atom is 0.435 e. The van der Waals surface area contributed by atoms with Gasteiger partial charge in [-0.05, 0) is 23.3 Å². The summed E-state index contributed by atoms with van der Waals surface area (Å²) in [5.41, 5.74) is 0.755. The average Bonchev–Trinajstić information content (AvgIpc) is 3.09. The van der Waals surface area contributed by atoms with Crippen molar-refractivity contribution in [2.75, 3.05) is 12.4 Å². The lowest BCUT2D eigenvalue weighted by molar-refractivity contribution is -0.141. The molecular weight excluding hydrogens is 385 g/mol. The number of nitrogens with zero attached hydrogens (tertiary/aromatic N) is 3. The molecule has 0 aliphatic rings. The van der Waals surface area contributed by atoms with Crippen LogP contribution in [-0.4, -0.2) is 29.0 Å². The molecule has 1 amide bonds. The molecule has 0 spiro atoms. The summed E-state index contributed by atoms with van der Waals surface area (Å²) in [6, 6.07) is 14.1. The fourth-order valence-electron chi connectivity index (χ4n) is 2.80. The lowest BCUT2D eigenvalue weighted by atomic mass is 10.0. The van der Waals surface area contributed by atoms with E-state index in [0.717, 1.165) is 22.0 Å². The van der Waals surface area contributed by atoms with E-state index < -0.39 is 23.3 Å². The highest BCUT2D eigenvalue weighted by molar-refractivity contribution is 6.07. The van der Waals surface area contributed by atoms with E-state index in [2.05, 4.69) is 20.4 Å². The van der Waals surface area contributed by atoms with Crippen LogP contribution in [-0.2, 0) is 18.1 Å². The van der Waals surface area contributed by atoms with Crippen LogP contribution in [0.4, 0.5) is 18.9 Å². The van der Waals surface area contributed by atoms with Crippen LogP contribution in [0.25, 0.3) is 11.1 Å². The first-order valence-corrected chi connectivity index (χ1v) is 8.48. The fourth-order valence-corrected chi connectivity index (χ4v) is 2.80. The standard InChI is InChI=1S/C20H17F3N4O2/c1-27-12-16(18(26-27)20(21,22)23)19(28)25-17-9-4-3-8-15(17)14-7-5-6-13(10-14)11-24-29-2/h3-12H,1-2H3,(H,25,28). The van der Waals surface area contributed by atoms with Gasteiger partial charge in [-0.15, -0.1) is 0 Å². The number of hydrogen-bond donors (Lipinski definition) is 1. The van der Waals surface area contributed by atoms with Gasteiger partial charge in [-0.2, -0.15) is 18.3 Å². The van der Waals surface area contributed by atoms with Gasteiger partial charge in [-0.25, -0.2) is 0 Å². The fraction of sp³-hybridized carbons (Fsp3) is 0.150. The predicted molar refractivity (Wildman–Crippen MR) is 103 cm³/mol. The quantitative estimate of drug-likeness (QED) is 0.510. The normalized spacial score (nSPS) is 11.6. The SMILES string of the molecule is CON=Cc1cccc(-c2ccccc2NC(=O)c2cn(C)nc2C(F)(F)F)c1. The Bertz CT molecular complexity index is 1060. The van der Waals surface area contributed by atoms with Gasteiger partial charge in [0.1, 0.15) is 7.11 Å². The van der Waals surface area contributed by atoms with Crippen molar-refractivity contribution in [3.8, 4) is 11.1 Å². The highest BCUT2D eigenvalue weighted by Gasteiger charge is 2.39. The molecule has 0 aliphatic heterocycles.